The largest absolute Gasteiger partial charge is 0.492 e. The Labute approximate surface area is 184 Å². The maximum atomic E-state index is 13.2. The number of hydrogen-bond acceptors (Lipinski definition) is 6. The highest BCUT2D eigenvalue weighted by atomic mass is 16.5. The summed E-state index contributed by atoms with van der Waals surface area (Å²) >= 11 is 0. The van der Waals surface area contributed by atoms with E-state index in [1.165, 1.54) is 4.57 Å². The van der Waals surface area contributed by atoms with E-state index in [2.05, 4.69) is 15.5 Å². The average molecular weight is 435 g/mol. The molecule has 0 bridgehead atoms. The van der Waals surface area contributed by atoms with Crippen LogP contribution in [0.15, 0.2) is 51.8 Å². The van der Waals surface area contributed by atoms with Crippen molar-refractivity contribution < 1.29 is 14.1 Å². The summed E-state index contributed by atoms with van der Waals surface area (Å²) in [5.74, 6) is 1.12. The maximum Gasteiger partial charge on any atom is 0.329 e. The second kappa shape index (κ2) is 8.70. The van der Waals surface area contributed by atoms with Crippen molar-refractivity contribution in [2.45, 2.75) is 40.3 Å². The number of ether oxygens (including phenoxy) is 1. The van der Waals surface area contributed by atoms with E-state index in [1.54, 1.807) is 29.7 Å². The first-order valence-electron chi connectivity index (χ1n) is 10.5. The Balaban J connectivity index is 1.73. The highest BCUT2D eigenvalue weighted by Crippen LogP contribution is 2.25. The highest BCUT2D eigenvalue weighted by Gasteiger charge is 2.19. The van der Waals surface area contributed by atoms with Gasteiger partial charge in [0, 0.05) is 18.5 Å². The van der Waals surface area contributed by atoms with Gasteiger partial charge >= 0.3 is 5.69 Å². The van der Waals surface area contributed by atoms with Gasteiger partial charge in [-0.3, -0.25) is 13.9 Å². The molecule has 9 nitrogen and oxygen atoms in total. The number of benzene rings is 2. The molecule has 0 aliphatic carbocycles. The smallest absolute Gasteiger partial charge is 0.329 e. The second-order valence-corrected chi connectivity index (χ2v) is 7.65. The van der Waals surface area contributed by atoms with Gasteiger partial charge < -0.3 is 14.6 Å². The lowest BCUT2D eigenvalue weighted by Gasteiger charge is -2.11. The standard InChI is InChI=1S/C23H25N5O4/c1-5-31-20-9-7-6-8-17(20)25-21(29)13-27-19-12-16(22-24-15(4)32-26-22)10-11-18(19)28(14(2)3)23(27)30/h6-12,14H,5,13H2,1-4H3,(H,25,29). The predicted octanol–water partition coefficient (Wildman–Crippen LogP) is 3.78. The predicted molar refractivity (Wildman–Crippen MR) is 121 cm³/mol. The fraction of sp³-hybridized carbons (Fsp3) is 0.304. The molecule has 0 aliphatic rings. The van der Waals surface area contributed by atoms with Crippen LogP contribution in [0.1, 0.15) is 32.7 Å². The molecule has 0 saturated carbocycles. The average Bonchev–Trinajstić information content (AvgIpc) is 3.30. The highest BCUT2D eigenvalue weighted by molar-refractivity contribution is 5.93. The quantitative estimate of drug-likeness (QED) is 0.474. The van der Waals surface area contributed by atoms with Gasteiger partial charge in [0.1, 0.15) is 12.3 Å². The molecule has 32 heavy (non-hydrogen) atoms. The summed E-state index contributed by atoms with van der Waals surface area (Å²) in [5, 5.41) is 6.81. The SMILES string of the molecule is CCOc1ccccc1NC(=O)Cn1c(=O)n(C(C)C)c2ccc(-c3noc(C)n3)cc21. The zero-order valence-corrected chi connectivity index (χ0v) is 18.5. The Morgan fingerprint density at radius 1 is 1.19 bits per heavy atom. The molecule has 0 aliphatic heterocycles. The summed E-state index contributed by atoms with van der Waals surface area (Å²) < 4.78 is 13.8. The topological polar surface area (TPSA) is 104 Å². The van der Waals surface area contributed by atoms with Crippen molar-refractivity contribution in [3.05, 3.63) is 58.8 Å². The molecule has 0 atom stereocenters. The Kier molecular flexibility index (Phi) is 5.81. The van der Waals surface area contributed by atoms with E-state index in [-0.39, 0.29) is 24.2 Å². The van der Waals surface area contributed by atoms with Gasteiger partial charge in [0.2, 0.25) is 17.6 Å². The minimum Gasteiger partial charge on any atom is -0.492 e. The lowest BCUT2D eigenvalue weighted by Crippen LogP contribution is -2.30. The van der Waals surface area contributed by atoms with Crippen LogP contribution in [0.4, 0.5) is 5.69 Å². The van der Waals surface area contributed by atoms with Gasteiger partial charge in [0.15, 0.2) is 0 Å². The fourth-order valence-corrected chi connectivity index (χ4v) is 3.67. The van der Waals surface area contributed by atoms with Crippen molar-refractivity contribution in [1.82, 2.24) is 19.3 Å². The fourth-order valence-electron chi connectivity index (χ4n) is 3.67. The first-order valence-corrected chi connectivity index (χ1v) is 10.5. The Morgan fingerprint density at radius 3 is 2.66 bits per heavy atom. The minimum absolute atomic E-state index is 0.0775. The number of imidazole rings is 1. The minimum atomic E-state index is -0.331. The van der Waals surface area contributed by atoms with Gasteiger partial charge in [-0.1, -0.05) is 17.3 Å². The zero-order valence-electron chi connectivity index (χ0n) is 18.5. The Hall–Kier alpha value is -3.88. The van der Waals surface area contributed by atoms with Gasteiger partial charge in [-0.25, -0.2) is 4.79 Å². The number of amides is 1. The van der Waals surface area contributed by atoms with Crippen molar-refractivity contribution in [2.24, 2.45) is 0 Å². The first kappa shape index (κ1) is 21.4. The number of para-hydroxylation sites is 2. The van der Waals surface area contributed by atoms with E-state index in [1.807, 2.05) is 45.0 Å². The molecule has 0 spiro atoms. The molecule has 166 valence electrons. The van der Waals surface area contributed by atoms with Crippen LogP contribution in [0.25, 0.3) is 22.4 Å². The van der Waals surface area contributed by atoms with Crippen molar-refractivity contribution in [2.75, 3.05) is 11.9 Å². The van der Waals surface area contributed by atoms with Crippen LogP contribution in [0.5, 0.6) is 5.75 Å². The van der Waals surface area contributed by atoms with E-state index in [9.17, 15) is 9.59 Å². The molecule has 2 heterocycles. The van der Waals surface area contributed by atoms with Gasteiger partial charge in [-0.05, 0) is 51.1 Å². The zero-order chi connectivity index (χ0) is 22.8. The molecule has 9 heteroatoms. The molecular formula is C23H25N5O4. The number of anilines is 1. The number of nitrogens with zero attached hydrogens (tertiary/aromatic N) is 4. The summed E-state index contributed by atoms with van der Waals surface area (Å²) in [6.45, 7) is 7.78. The van der Waals surface area contributed by atoms with Crippen molar-refractivity contribution in [1.29, 1.82) is 0 Å². The number of hydrogen-bond donors (Lipinski definition) is 1. The summed E-state index contributed by atoms with van der Waals surface area (Å²) in [5.41, 5.74) is 2.35. The number of aryl methyl sites for hydroxylation is 1. The summed E-state index contributed by atoms with van der Waals surface area (Å²) in [4.78, 5) is 30.4. The van der Waals surface area contributed by atoms with Gasteiger partial charge in [0.25, 0.3) is 0 Å². The number of fused-ring (bicyclic) bond motifs is 1. The van der Waals surface area contributed by atoms with Crippen molar-refractivity contribution >= 4 is 22.6 Å². The van der Waals surface area contributed by atoms with Gasteiger partial charge in [-0.15, -0.1) is 0 Å². The lowest BCUT2D eigenvalue weighted by atomic mass is 10.2. The van der Waals surface area contributed by atoms with E-state index in [0.29, 0.717) is 40.8 Å². The monoisotopic (exact) mass is 435 g/mol. The van der Waals surface area contributed by atoms with Crippen LogP contribution >= 0.6 is 0 Å². The summed E-state index contributed by atoms with van der Waals surface area (Å²) in [6.07, 6.45) is 0. The van der Waals surface area contributed by atoms with Crippen molar-refractivity contribution in [3.63, 3.8) is 0 Å². The van der Waals surface area contributed by atoms with Gasteiger partial charge in [0.05, 0.1) is 23.3 Å². The molecule has 0 saturated heterocycles. The van der Waals surface area contributed by atoms with E-state index in [0.717, 1.165) is 5.52 Å². The number of carbonyl (C=O) groups excluding carboxylic acids is 1. The van der Waals surface area contributed by atoms with Crippen LogP contribution < -0.4 is 15.7 Å². The second-order valence-electron chi connectivity index (χ2n) is 7.65. The number of carbonyl (C=O) groups is 1. The normalized spacial score (nSPS) is 11.3. The molecule has 0 radical (unpaired) electrons. The summed E-state index contributed by atoms with van der Waals surface area (Å²) in [6, 6.07) is 12.6. The Morgan fingerprint density at radius 2 is 1.97 bits per heavy atom. The molecule has 1 N–H and O–H groups in total. The maximum absolute atomic E-state index is 13.2. The molecule has 1 amide bonds. The van der Waals surface area contributed by atoms with Crippen LogP contribution in [0.2, 0.25) is 0 Å². The molecule has 4 aromatic rings. The van der Waals surface area contributed by atoms with Crippen LogP contribution in [-0.4, -0.2) is 31.8 Å². The third-order valence-corrected chi connectivity index (χ3v) is 5.03. The number of aromatic nitrogens is 4. The van der Waals surface area contributed by atoms with E-state index >= 15 is 0 Å². The van der Waals surface area contributed by atoms with E-state index < -0.39 is 0 Å². The van der Waals surface area contributed by atoms with Crippen LogP contribution in [0.3, 0.4) is 0 Å². The lowest BCUT2D eigenvalue weighted by molar-refractivity contribution is -0.116. The molecule has 0 unspecified atom stereocenters. The van der Waals surface area contributed by atoms with E-state index in [4.69, 9.17) is 9.26 Å². The first-order chi connectivity index (χ1) is 15.4. The third kappa shape index (κ3) is 4.01. The summed E-state index contributed by atoms with van der Waals surface area (Å²) in [7, 11) is 0. The van der Waals surface area contributed by atoms with Crippen LogP contribution in [0, 0.1) is 6.92 Å². The Bertz CT molecular complexity index is 1330. The molecular weight excluding hydrogens is 410 g/mol. The molecule has 2 aromatic heterocycles. The molecule has 2 aromatic carbocycles. The molecule has 0 fully saturated rings. The number of rotatable bonds is 7. The molecule has 4 rings (SSSR count). The van der Waals surface area contributed by atoms with Gasteiger partial charge in [-0.2, -0.15) is 4.98 Å². The number of nitrogens with one attached hydrogen (secondary N) is 1. The third-order valence-electron chi connectivity index (χ3n) is 5.03. The van der Waals surface area contributed by atoms with Crippen molar-refractivity contribution in [3.8, 4) is 17.1 Å². The van der Waals surface area contributed by atoms with Crippen LogP contribution in [-0.2, 0) is 11.3 Å².